The van der Waals surface area contributed by atoms with Gasteiger partial charge in [0.05, 0.1) is 23.2 Å². The fourth-order valence-electron chi connectivity index (χ4n) is 3.33. The fraction of sp³-hybridized carbons (Fsp3) is 0.222. The van der Waals surface area contributed by atoms with Crippen molar-refractivity contribution in [2.24, 2.45) is 0 Å². The van der Waals surface area contributed by atoms with Crippen LogP contribution in [0.2, 0.25) is 5.02 Å². The summed E-state index contributed by atoms with van der Waals surface area (Å²) in [6, 6.07) is 12.9. The molecule has 122 valence electrons. The number of aromatic amines is 1. The Morgan fingerprint density at radius 2 is 2.12 bits per heavy atom. The number of carbonyl (C=O) groups excluding carboxylic acids is 1. The number of aromatic nitrogens is 2. The summed E-state index contributed by atoms with van der Waals surface area (Å²) in [5.74, 6) is 0.0201. The molecule has 6 heteroatoms. The van der Waals surface area contributed by atoms with Gasteiger partial charge in [0.25, 0.3) is 5.91 Å². The maximum Gasteiger partial charge on any atom is 0.290 e. The van der Waals surface area contributed by atoms with Crippen molar-refractivity contribution in [1.29, 1.82) is 0 Å². The number of hydrogen-bond acceptors (Lipinski definition) is 3. The fourth-order valence-corrected chi connectivity index (χ4v) is 3.54. The van der Waals surface area contributed by atoms with E-state index >= 15 is 0 Å². The number of para-hydroxylation sites is 1. The molecule has 24 heavy (non-hydrogen) atoms. The Bertz CT molecular complexity index is 922. The van der Waals surface area contributed by atoms with Gasteiger partial charge < -0.3 is 15.0 Å². The number of halogens is 1. The monoisotopic (exact) mass is 341 g/mol. The second kappa shape index (κ2) is 5.92. The lowest BCUT2D eigenvalue weighted by atomic mass is 9.93. The van der Waals surface area contributed by atoms with Crippen molar-refractivity contribution < 1.29 is 9.90 Å². The second-order valence-electron chi connectivity index (χ2n) is 5.87. The van der Waals surface area contributed by atoms with Crippen LogP contribution >= 0.6 is 11.6 Å². The molecule has 2 N–H and O–H groups in total. The average Bonchev–Trinajstić information content (AvgIpc) is 3.06. The van der Waals surface area contributed by atoms with Crippen LogP contribution in [0.1, 0.15) is 27.8 Å². The van der Waals surface area contributed by atoms with Crippen molar-refractivity contribution in [1.82, 2.24) is 14.9 Å². The minimum Gasteiger partial charge on any atom is -0.394 e. The SMILES string of the molecule is O=C(c1nc2c(Cl)cccc2[nH]1)N1CCc2ccccc2C1CO. The maximum atomic E-state index is 12.9. The van der Waals surface area contributed by atoms with Gasteiger partial charge in [-0.1, -0.05) is 41.9 Å². The van der Waals surface area contributed by atoms with E-state index in [-0.39, 0.29) is 24.4 Å². The minimum atomic E-state index is -0.355. The van der Waals surface area contributed by atoms with Crippen LogP contribution in [0.3, 0.4) is 0 Å². The van der Waals surface area contributed by atoms with Gasteiger partial charge in [0.15, 0.2) is 5.82 Å². The van der Waals surface area contributed by atoms with Gasteiger partial charge in [-0.2, -0.15) is 0 Å². The lowest BCUT2D eigenvalue weighted by molar-refractivity contribution is 0.0558. The number of rotatable bonds is 2. The Hall–Kier alpha value is -2.37. The largest absolute Gasteiger partial charge is 0.394 e. The van der Waals surface area contributed by atoms with Gasteiger partial charge in [0.1, 0.15) is 5.52 Å². The third-order valence-electron chi connectivity index (χ3n) is 4.51. The van der Waals surface area contributed by atoms with Crippen LogP contribution in [0.5, 0.6) is 0 Å². The zero-order chi connectivity index (χ0) is 16.7. The number of carbonyl (C=O) groups is 1. The van der Waals surface area contributed by atoms with Crippen molar-refractivity contribution in [2.45, 2.75) is 12.5 Å². The Labute approximate surface area is 143 Å². The molecule has 3 aromatic rings. The summed E-state index contributed by atoms with van der Waals surface area (Å²) in [7, 11) is 0. The molecule has 0 spiro atoms. The molecule has 2 heterocycles. The summed E-state index contributed by atoms with van der Waals surface area (Å²) in [5, 5.41) is 10.3. The number of hydrogen-bond donors (Lipinski definition) is 2. The van der Waals surface area contributed by atoms with Crippen LogP contribution in [0, 0.1) is 0 Å². The van der Waals surface area contributed by atoms with Crippen molar-refractivity contribution in [3.05, 3.63) is 64.4 Å². The van der Waals surface area contributed by atoms with Gasteiger partial charge in [-0.3, -0.25) is 4.79 Å². The first-order valence-corrected chi connectivity index (χ1v) is 8.20. The van der Waals surface area contributed by atoms with Crippen LogP contribution in [0.4, 0.5) is 0 Å². The van der Waals surface area contributed by atoms with Crippen molar-refractivity contribution in [3.63, 3.8) is 0 Å². The summed E-state index contributed by atoms with van der Waals surface area (Å²) >= 11 is 6.14. The molecule has 0 saturated carbocycles. The molecule has 1 amide bonds. The van der Waals surface area contributed by atoms with Gasteiger partial charge in [-0.25, -0.2) is 4.98 Å². The predicted molar refractivity (Wildman–Crippen MR) is 92.1 cm³/mol. The van der Waals surface area contributed by atoms with Crippen molar-refractivity contribution in [3.8, 4) is 0 Å². The molecule has 1 unspecified atom stereocenters. The average molecular weight is 342 g/mol. The number of aliphatic hydroxyl groups is 1. The van der Waals surface area contributed by atoms with Gasteiger partial charge >= 0.3 is 0 Å². The first-order valence-electron chi connectivity index (χ1n) is 7.83. The molecular weight excluding hydrogens is 326 g/mol. The van der Waals surface area contributed by atoms with Gasteiger partial charge in [-0.15, -0.1) is 0 Å². The smallest absolute Gasteiger partial charge is 0.290 e. The van der Waals surface area contributed by atoms with Gasteiger partial charge in [0, 0.05) is 6.54 Å². The highest BCUT2D eigenvalue weighted by Crippen LogP contribution is 2.30. The predicted octanol–water partition coefficient (Wildman–Crippen LogP) is 2.95. The second-order valence-corrected chi connectivity index (χ2v) is 6.27. The van der Waals surface area contributed by atoms with Crippen LogP contribution < -0.4 is 0 Å². The number of amides is 1. The summed E-state index contributed by atoms with van der Waals surface area (Å²) in [5.41, 5.74) is 3.48. The zero-order valence-electron chi connectivity index (χ0n) is 12.9. The van der Waals surface area contributed by atoms with Crippen LogP contribution in [0.25, 0.3) is 11.0 Å². The third-order valence-corrected chi connectivity index (χ3v) is 4.82. The van der Waals surface area contributed by atoms with E-state index in [4.69, 9.17) is 11.6 Å². The van der Waals surface area contributed by atoms with Crippen LogP contribution in [0.15, 0.2) is 42.5 Å². The molecule has 2 aromatic carbocycles. The summed E-state index contributed by atoms with van der Waals surface area (Å²) < 4.78 is 0. The topological polar surface area (TPSA) is 69.2 Å². The summed E-state index contributed by atoms with van der Waals surface area (Å²) in [4.78, 5) is 22.0. The van der Waals surface area contributed by atoms with Gasteiger partial charge in [0.2, 0.25) is 0 Å². The van der Waals surface area contributed by atoms with E-state index < -0.39 is 0 Å². The van der Waals surface area contributed by atoms with E-state index in [1.165, 1.54) is 5.56 Å². The van der Waals surface area contributed by atoms with Crippen molar-refractivity contribution >= 4 is 28.5 Å². The quantitative estimate of drug-likeness (QED) is 0.753. The highest BCUT2D eigenvalue weighted by Gasteiger charge is 2.32. The van der Waals surface area contributed by atoms with Crippen molar-refractivity contribution in [2.75, 3.05) is 13.2 Å². The van der Waals surface area contributed by atoms with E-state index in [0.717, 1.165) is 17.5 Å². The first kappa shape index (κ1) is 15.2. The number of nitrogens with zero attached hydrogens (tertiary/aromatic N) is 2. The summed E-state index contributed by atoms with van der Waals surface area (Å²) in [6.07, 6.45) is 0.763. The molecule has 0 bridgehead atoms. The molecule has 4 rings (SSSR count). The molecule has 1 aliphatic heterocycles. The molecule has 1 atom stereocenters. The molecule has 0 aliphatic carbocycles. The maximum absolute atomic E-state index is 12.9. The molecular formula is C18H16ClN3O2. The zero-order valence-corrected chi connectivity index (χ0v) is 13.6. The Morgan fingerprint density at radius 3 is 2.92 bits per heavy atom. The van der Waals surface area contributed by atoms with E-state index in [1.807, 2.05) is 36.4 Å². The number of H-pyrrole nitrogens is 1. The molecule has 5 nitrogen and oxygen atoms in total. The highest BCUT2D eigenvalue weighted by atomic mass is 35.5. The van der Waals surface area contributed by atoms with E-state index in [0.29, 0.717) is 17.1 Å². The highest BCUT2D eigenvalue weighted by molar-refractivity contribution is 6.35. The lowest BCUT2D eigenvalue weighted by Crippen LogP contribution is -2.42. The van der Waals surface area contributed by atoms with Gasteiger partial charge in [-0.05, 0) is 29.7 Å². The van der Waals surface area contributed by atoms with E-state index in [9.17, 15) is 9.90 Å². The standard InChI is InChI=1S/C18H16ClN3O2/c19-13-6-3-7-14-16(13)21-17(20-14)18(24)22-9-8-11-4-1-2-5-12(11)15(22)10-23/h1-7,15,23H,8-10H2,(H,20,21). The molecule has 1 aromatic heterocycles. The minimum absolute atomic E-state index is 0.121. The number of benzene rings is 2. The number of fused-ring (bicyclic) bond motifs is 2. The molecule has 1 aliphatic rings. The Balaban J connectivity index is 1.72. The molecule has 0 fully saturated rings. The third kappa shape index (κ3) is 2.37. The lowest BCUT2D eigenvalue weighted by Gasteiger charge is -2.35. The van der Waals surface area contributed by atoms with E-state index in [1.54, 1.807) is 11.0 Å². The number of nitrogens with one attached hydrogen (secondary N) is 1. The Morgan fingerprint density at radius 1 is 1.29 bits per heavy atom. The molecule has 0 radical (unpaired) electrons. The number of imidazole rings is 1. The Kier molecular flexibility index (Phi) is 3.75. The molecule has 0 saturated heterocycles. The van der Waals surface area contributed by atoms with E-state index in [2.05, 4.69) is 9.97 Å². The summed E-state index contributed by atoms with van der Waals surface area (Å²) in [6.45, 7) is 0.426. The van der Waals surface area contributed by atoms with Crippen LogP contribution in [-0.4, -0.2) is 39.0 Å². The first-order chi connectivity index (χ1) is 11.7. The number of aliphatic hydroxyl groups excluding tert-OH is 1. The van der Waals surface area contributed by atoms with Crippen LogP contribution in [-0.2, 0) is 6.42 Å². The normalized spacial score (nSPS) is 17.1.